The second-order valence-corrected chi connectivity index (χ2v) is 7.11. The van der Waals surface area contributed by atoms with Gasteiger partial charge in [-0.05, 0) is 49.0 Å². The van der Waals surface area contributed by atoms with E-state index in [9.17, 15) is 14.0 Å². The molecule has 7 heteroatoms. The summed E-state index contributed by atoms with van der Waals surface area (Å²) in [5.41, 5.74) is 2.52. The van der Waals surface area contributed by atoms with Gasteiger partial charge >= 0.3 is 0 Å². The Labute approximate surface area is 172 Å². The molecule has 1 aliphatic rings. The number of hydrogen-bond donors (Lipinski definition) is 1. The molecule has 4 rings (SSSR count). The fourth-order valence-corrected chi connectivity index (χ4v) is 3.79. The van der Waals surface area contributed by atoms with Gasteiger partial charge in [-0.25, -0.2) is 4.39 Å². The monoisotopic (exact) mass is 407 g/mol. The molecule has 2 amide bonds. The Balaban J connectivity index is 1.78. The number of aromatic nitrogens is 1. The number of benzene rings is 2. The molecule has 0 unspecified atom stereocenters. The number of nitrogens with one attached hydrogen (secondary N) is 1. The first-order valence-electron chi connectivity index (χ1n) is 9.19. The fraction of sp³-hybridized carbons (Fsp3) is 0.136. The van der Waals surface area contributed by atoms with Gasteiger partial charge in [0.2, 0.25) is 0 Å². The van der Waals surface area contributed by atoms with Crippen LogP contribution in [-0.2, 0) is 16.1 Å². The van der Waals surface area contributed by atoms with Gasteiger partial charge in [-0.2, -0.15) is 0 Å². The van der Waals surface area contributed by atoms with Gasteiger partial charge < -0.3 is 4.57 Å². The van der Waals surface area contributed by atoms with Gasteiger partial charge in [0.1, 0.15) is 11.4 Å². The zero-order valence-electron chi connectivity index (χ0n) is 15.7. The van der Waals surface area contributed by atoms with Crippen molar-refractivity contribution >= 4 is 46.1 Å². The summed E-state index contributed by atoms with van der Waals surface area (Å²) in [5, 5.41) is 3.58. The average molecular weight is 407 g/mol. The summed E-state index contributed by atoms with van der Waals surface area (Å²) in [6.07, 6.45) is 3.46. The molecule has 1 aliphatic heterocycles. The number of likely N-dealkylation sites (N-methyl/N-ethyl adjacent to an activating group) is 1. The first-order chi connectivity index (χ1) is 14.0. The van der Waals surface area contributed by atoms with Crippen molar-refractivity contribution < 1.29 is 14.0 Å². The molecular formula is C22H18FN3O2S. The number of hydrogen-bond acceptors (Lipinski definition) is 3. The highest BCUT2D eigenvalue weighted by molar-refractivity contribution is 7.80. The topological polar surface area (TPSA) is 54.3 Å². The van der Waals surface area contributed by atoms with Crippen LogP contribution in [0.3, 0.4) is 0 Å². The number of halogens is 1. The fourth-order valence-electron chi connectivity index (χ4n) is 3.49. The molecule has 0 atom stereocenters. The first-order valence-corrected chi connectivity index (χ1v) is 9.60. The van der Waals surface area contributed by atoms with Crippen LogP contribution in [0.5, 0.6) is 0 Å². The summed E-state index contributed by atoms with van der Waals surface area (Å²) >= 11 is 5.07. The van der Waals surface area contributed by atoms with Gasteiger partial charge in [-0.1, -0.05) is 30.3 Å². The van der Waals surface area contributed by atoms with E-state index in [1.165, 1.54) is 17.0 Å². The predicted octanol–water partition coefficient (Wildman–Crippen LogP) is 3.48. The van der Waals surface area contributed by atoms with Crippen molar-refractivity contribution in [2.45, 2.75) is 13.5 Å². The summed E-state index contributed by atoms with van der Waals surface area (Å²) in [7, 11) is 0. The Morgan fingerprint density at radius 2 is 1.93 bits per heavy atom. The third-order valence-electron chi connectivity index (χ3n) is 4.86. The van der Waals surface area contributed by atoms with Gasteiger partial charge in [0.15, 0.2) is 5.11 Å². The lowest BCUT2D eigenvalue weighted by Gasteiger charge is -2.27. The summed E-state index contributed by atoms with van der Waals surface area (Å²) in [4.78, 5) is 26.5. The van der Waals surface area contributed by atoms with Crippen LogP contribution in [0.1, 0.15) is 18.1 Å². The minimum atomic E-state index is -0.508. The maximum atomic E-state index is 13.6. The molecule has 2 aromatic carbocycles. The second-order valence-electron chi connectivity index (χ2n) is 6.73. The number of nitrogens with zero attached hydrogens (tertiary/aromatic N) is 2. The van der Waals surface area contributed by atoms with Crippen molar-refractivity contribution in [2.24, 2.45) is 0 Å². The lowest BCUT2D eigenvalue weighted by Crippen LogP contribution is -2.53. The largest absolute Gasteiger partial charge is 0.342 e. The van der Waals surface area contributed by atoms with Crippen LogP contribution < -0.4 is 5.32 Å². The normalized spacial score (nSPS) is 16.0. The van der Waals surface area contributed by atoms with E-state index in [1.807, 2.05) is 41.1 Å². The summed E-state index contributed by atoms with van der Waals surface area (Å²) in [6.45, 7) is 2.63. The smallest absolute Gasteiger partial charge is 0.265 e. The Morgan fingerprint density at radius 3 is 2.69 bits per heavy atom. The third kappa shape index (κ3) is 3.56. The summed E-state index contributed by atoms with van der Waals surface area (Å²) in [6, 6.07) is 14.1. The lowest BCUT2D eigenvalue weighted by atomic mass is 10.1. The van der Waals surface area contributed by atoms with Gasteiger partial charge in [-0.3, -0.25) is 19.8 Å². The Hall–Kier alpha value is -3.32. The maximum absolute atomic E-state index is 13.6. The molecule has 3 aromatic rings. The van der Waals surface area contributed by atoms with Crippen LogP contribution in [0.4, 0.5) is 4.39 Å². The van der Waals surface area contributed by atoms with Crippen LogP contribution in [0, 0.1) is 5.82 Å². The Morgan fingerprint density at radius 1 is 1.14 bits per heavy atom. The molecule has 0 spiro atoms. The van der Waals surface area contributed by atoms with E-state index in [2.05, 4.69) is 5.32 Å². The average Bonchev–Trinajstić information content (AvgIpc) is 3.03. The van der Waals surface area contributed by atoms with Crippen LogP contribution >= 0.6 is 12.2 Å². The van der Waals surface area contributed by atoms with Gasteiger partial charge in [-0.15, -0.1) is 0 Å². The SMILES string of the molecule is CCN1C(=O)C(=Cc2cn(Cc3cccc(F)c3)c3ccccc23)C(=O)NC1=S. The lowest BCUT2D eigenvalue weighted by molar-refractivity contribution is -0.128. The van der Waals surface area contributed by atoms with E-state index < -0.39 is 11.8 Å². The quantitative estimate of drug-likeness (QED) is 0.409. The van der Waals surface area contributed by atoms with Crippen molar-refractivity contribution in [3.8, 4) is 0 Å². The number of rotatable bonds is 4. The highest BCUT2D eigenvalue weighted by atomic mass is 32.1. The van der Waals surface area contributed by atoms with E-state index in [0.29, 0.717) is 13.1 Å². The molecule has 0 radical (unpaired) electrons. The zero-order valence-corrected chi connectivity index (χ0v) is 16.5. The van der Waals surface area contributed by atoms with Crippen LogP contribution in [0.25, 0.3) is 17.0 Å². The second kappa shape index (κ2) is 7.60. The number of carbonyl (C=O) groups excluding carboxylic acids is 2. The molecule has 0 saturated carbocycles. The van der Waals surface area contributed by atoms with Crippen LogP contribution in [-0.4, -0.2) is 32.9 Å². The van der Waals surface area contributed by atoms with Crippen molar-refractivity contribution in [2.75, 3.05) is 6.54 Å². The van der Waals surface area contributed by atoms with E-state index in [-0.39, 0.29) is 16.5 Å². The predicted molar refractivity (Wildman–Crippen MR) is 114 cm³/mol. The molecule has 1 N–H and O–H groups in total. The van der Waals surface area contributed by atoms with Crippen molar-refractivity contribution in [3.63, 3.8) is 0 Å². The number of amides is 2. The molecule has 29 heavy (non-hydrogen) atoms. The van der Waals surface area contributed by atoms with Crippen LogP contribution in [0.2, 0.25) is 0 Å². The number of thiocarbonyl (C=S) groups is 1. The molecule has 2 heterocycles. The Kier molecular flexibility index (Phi) is 4.98. The first kappa shape index (κ1) is 19.0. The summed E-state index contributed by atoms with van der Waals surface area (Å²) < 4.78 is 15.5. The van der Waals surface area contributed by atoms with Gasteiger partial charge in [0.05, 0.1) is 0 Å². The van der Waals surface area contributed by atoms with E-state index in [0.717, 1.165) is 22.0 Å². The van der Waals surface area contributed by atoms with E-state index >= 15 is 0 Å². The number of fused-ring (bicyclic) bond motifs is 1. The third-order valence-corrected chi connectivity index (χ3v) is 5.19. The molecule has 0 bridgehead atoms. The van der Waals surface area contributed by atoms with Gasteiger partial charge in [0, 0.05) is 35.8 Å². The minimum Gasteiger partial charge on any atom is -0.342 e. The standard InChI is InChI=1S/C22H18FN3O2S/c1-2-26-21(28)18(20(27)24-22(26)29)11-15-13-25(19-9-4-3-8-17(15)19)12-14-6-5-7-16(23)10-14/h3-11,13H,2,12H2,1H3,(H,24,27,29). The Bertz CT molecular complexity index is 1180. The van der Waals surface area contributed by atoms with Crippen molar-refractivity contribution in [1.29, 1.82) is 0 Å². The van der Waals surface area contributed by atoms with Crippen molar-refractivity contribution in [3.05, 3.63) is 77.2 Å². The highest BCUT2D eigenvalue weighted by Gasteiger charge is 2.32. The van der Waals surface area contributed by atoms with E-state index in [4.69, 9.17) is 12.2 Å². The number of para-hydroxylation sites is 1. The number of carbonyl (C=O) groups is 2. The minimum absolute atomic E-state index is 0.0362. The maximum Gasteiger partial charge on any atom is 0.265 e. The summed E-state index contributed by atoms with van der Waals surface area (Å²) in [5.74, 6) is -1.21. The molecule has 1 aromatic heterocycles. The van der Waals surface area contributed by atoms with Crippen molar-refractivity contribution in [1.82, 2.24) is 14.8 Å². The highest BCUT2D eigenvalue weighted by Crippen LogP contribution is 2.26. The zero-order chi connectivity index (χ0) is 20.5. The molecule has 1 fully saturated rings. The van der Waals surface area contributed by atoms with E-state index in [1.54, 1.807) is 19.1 Å². The molecule has 0 aliphatic carbocycles. The van der Waals surface area contributed by atoms with Gasteiger partial charge in [0.25, 0.3) is 11.8 Å². The molecule has 5 nitrogen and oxygen atoms in total. The van der Waals surface area contributed by atoms with Crippen LogP contribution in [0.15, 0.2) is 60.3 Å². The molecular weight excluding hydrogens is 389 g/mol. The molecule has 1 saturated heterocycles. The molecule has 146 valence electrons.